The van der Waals surface area contributed by atoms with Gasteiger partial charge >= 0.3 is 0 Å². The molecular weight excluding hydrogens is 296 g/mol. The van der Waals surface area contributed by atoms with E-state index in [9.17, 15) is 10.1 Å². The maximum absolute atomic E-state index is 10.8. The van der Waals surface area contributed by atoms with Gasteiger partial charge in [0.25, 0.3) is 5.69 Å². The molecule has 2 aromatic carbocycles. The number of benzene rings is 2. The summed E-state index contributed by atoms with van der Waals surface area (Å²) in [5.74, 6) is 1.56. The van der Waals surface area contributed by atoms with Crippen molar-refractivity contribution in [3.05, 3.63) is 63.7 Å². The van der Waals surface area contributed by atoms with Gasteiger partial charge in [0.15, 0.2) is 11.5 Å². The Morgan fingerprint density at radius 1 is 1.00 bits per heavy atom. The summed E-state index contributed by atoms with van der Waals surface area (Å²) in [5, 5.41) is 14.1. The molecule has 0 radical (unpaired) electrons. The summed E-state index contributed by atoms with van der Waals surface area (Å²) in [6, 6.07) is 12.5. The van der Waals surface area contributed by atoms with E-state index in [4.69, 9.17) is 9.47 Å². The Balaban J connectivity index is 1.59. The number of nitrogens with one attached hydrogen (secondary N) is 1. The molecule has 0 aromatic heterocycles. The summed E-state index contributed by atoms with van der Waals surface area (Å²) >= 11 is 0. The maximum Gasteiger partial charge on any atom is 0.269 e. The highest BCUT2D eigenvalue weighted by atomic mass is 16.6. The highest BCUT2D eigenvalue weighted by molar-refractivity contribution is 5.43. The lowest BCUT2D eigenvalue weighted by atomic mass is 10.1. The summed E-state index contributed by atoms with van der Waals surface area (Å²) in [4.78, 5) is 10.4. The highest BCUT2D eigenvalue weighted by Crippen LogP contribution is 2.30. The number of hydrogen-bond acceptors (Lipinski definition) is 5. The van der Waals surface area contributed by atoms with Gasteiger partial charge in [0, 0.05) is 31.6 Å². The van der Waals surface area contributed by atoms with Crippen LogP contribution >= 0.6 is 0 Å². The Bertz CT molecular complexity index is 703. The van der Waals surface area contributed by atoms with Crippen LogP contribution < -0.4 is 14.8 Å². The van der Waals surface area contributed by atoms with Crippen molar-refractivity contribution in [3.8, 4) is 11.5 Å². The average Bonchev–Trinajstić information content (AvgIpc) is 2.80. The minimum Gasteiger partial charge on any atom is -0.490 e. The Morgan fingerprint density at radius 2 is 1.74 bits per heavy atom. The van der Waals surface area contributed by atoms with Crippen LogP contribution in [0.25, 0.3) is 0 Å². The van der Waals surface area contributed by atoms with Crippen molar-refractivity contribution in [2.45, 2.75) is 19.5 Å². The van der Waals surface area contributed by atoms with Gasteiger partial charge in [-0.3, -0.25) is 10.1 Å². The van der Waals surface area contributed by atoms with E-state index in [1.165, 1.54) is 6.07 Å². The molecule has 2 aromatic rings. The fourth-order valence-electron chi connectivity index (χ4n) is 2.45. The van der Waals surface area contributed by atoms with Gasteiger partial charge in [0.1, 0.15) is 0 Å². The fourth-order valence-corrected chi connectivity index (χ4v) is 2.45. The third-order valence-corrected chi connectivity index (χ3v) is 3.59. The second-order valence-electron chi connectivity index (χ2n) is 5.36. The van der Waals surface area contributed by atoms with Gasteiger partial charge in [-0.05, 0) is 23.3 Å². The summed E-state index contributed by atoms with van der Waals surface area (Å²) < 4.78 is 11.3. The Labute approximate surface area is 134 Å². The number of non-ortho nitro benzene ring substituents is 1. The Morgan fingerprint density at radius 3 is 2.52 bits per heavy atom. The smallest absolute Gasteiger partial charge is 0.269 e. The zero-order valence-electron chi connectivity index (χ0n) is 12.7. The molecule has 0 amide bonds. The molecule has 1 heterocycles. The topological polar surface area (TPSA) is 73.6 Å². The van der Waals surface area contributed by atoms with Crippen LogP contribution in [0.15, 0.2) is 42.5 Å². The minimum absolute atomic E-state index is 0.111. The van der Waals surface area contributed by atoms with Crippen LogP contribution in [-0.4, -0.2) is 18.1 Å². The molecular formula is C17H18N2O4. The molecule has 0 fully saturated rings. The maximum atomic E-state index is 10.8. The van der Waals surface area contributed by atoms with Crippen LogP contribution in [0, 0.1) is 10.1 Å². The molecule has 23 heavy (non-hydrogen) atoms. The molecule has 1 aliphatic heterocycles. The van der Waals surface area contributed by atoms with Crippen molar-refractivity contribution in [1.29, 1.82) is 0 Å². The number of fused-ring (bicyclic) bond motifs is 1. The van der Waals surface area contributed by atoms with Crippen LogP contribution in [0.4, 0.5) is 5.69 Å². The van der Waals surface area contributed by atoms with Gasteiger partial charge in [0.05, 0.1) is 18.1 Å². The predicted octanol–water partition coefficient (Wildman–Crippen LogP) is 3.05. The van der Waals surface area contributed by atoms with E-state index in [2.05, 4.69) is 5.32 Å². The van der Waals surface area contributed by atoms with E-state index in [1.54, 1.807) is 12.1 Å². The SMILES string of the molecule is O=[N+]([O-])c1cccc(CNCc2ccc3c(c2)OCCCO3)c1. The second kappa shape index (κ2) is 7.11. The zero-order valence-corrected chi connectivity index (χ0v) is 12.7. The molecule has 1 N–H and O–H groups in total. The van der Waals surface area contributed by atoms with E-state index in [-0.39, 0.29) is 10.6 Å². The number of nitrogens with zero attached hydrogens (tertiary/aromatic N) is 1. The largest absolute Gasteiger partial charge is 0.490 e. The van der Waals surface area contributed by atoms with Crippen LogP contribution in [0.2, 0.25) is 0 Å². The lowest BCUT2D eigenvalue weighted by Crippen LogP contribution is -2.12. The molecule has 1 aliphatic rings. The normalized spacial score (nSPS) is 13.4. The standard InChI is InChI=1S/C17H18N2O4/c20-19(21)15-4-1-3-13(9-15)11-18-12-14-5-6-16-17(10-14)23-8-2-7-22-16/h1,3-6,9-10,18H,2,7-8,11-12H2. The quantitative estimate of drug-likeness (QED) is 0.678. The molecule has 6 nitrogen and oxygen atoms in total. The van der Waals surface area contributed by atoms with Crippen molar-refractivity contribution < 1.29 is 14.4 Å². The van der Waals surface area contributed by atoms with Crippen LogP contribution in [0.1, 0.15) is 17.5 Å². The number of hydrogen-bond donors (Lipinski definition) is 1. The lowest BCUT2D eigenvalue weighted by molar-refractivity contribution is -0.384. The molecule has 3 rings (SSSR count). The summed E-state index contributed by atoms with van der Waals surface area (Å²) in [6.07, 6.45) is 0.884. The number of rotatable bonds is 5. The first-order valence-electron chi connectivity index (χ1n) is 7.55. The van der Waals surface area contributed by atoms with E-state index < -0.39 is 0 Å². The predicted molar refractivity (Wildman–Crippen MR) is 85.7 cm³/mol. The minimum atomic E-state index is -0.382. The van der Waals surface area contributed by atoms with Gasteiger partial charge in [0.2, 0.25) is 0 Å². The molecule has 120 valence electrons. The highest BCUT2D eigenvalue weighted by Gasteiger charge is 2.10. The van der Waals surface area contributed by atoms with E-state index >= 15 is 0 Å². The summed E-state index contributed by atoms with van der Waals surface area (Å²) in [5.41, 5.74) is 2.08. The van der Waals surface area contributed by atoms with Crippen LogP contribution in [0.5, 0.6) is 11.5 Å². The molecule has 0 unspecified atom stereocenters. The van der Waals surface area contributed by atoms with Gasteiger partial charge in [-0.1, -0.05) is 18.2 Å². The third-order valence-electron chi connectivity index (χ3n) is 3.59. The first kappa shape index (κ1) is 15.3. The number of ether oxygens (including phenoxy) is 2. The first-order chi connectivity index (χ1) is 11.2. The Kier molecular flexibility index (Phi) is 4.73. The van der Waals surface area contributed by atoms with E-state index in [0.29, 0.717) is 26.3 Å². The van der Waals surface area contributed by atoms with Gasteiger partial charge < -0.3 is 14.8 Å². The molecule has 0 aliphatic carbocycles. The summed E-state index contributed by atoms with van der Waals surface area (Å²) in [7, 11) is 0. The molecule has 0 saturated heterocycles. The van der Waals surface area contributed by atoms with Crippen molar-refractivity contribution in [3.63, 3.8) is 0 Å². The van der Waals surface area contributed by atoms with Crippen LogP contribution in [-0.2, 0) is 13.1 Å². The molecule has 0 spiro atoms. The fraction of sp³-hybridized carbons (Fsp3) is 0.294. The van der Waals surface area contributed by atoms with E-state index in [0.717, 1.165) is 29.0 Å². The molecule has 0 atom stereocenters. The second-order valence-corrected chi connectivity index (χ2v) is 5.36. The van der Waals surface area contributed by atoms with Crippen molar-refractivity contribution in [2.24, 2.45) is 0 Å². The number of nitro groups is 1. The van der Waals surface area contributed by atoms with Gasteiger partial charge in [-0.25, -0.2) is 0 Å². The first-order valence-corrected chi connectivity index (χ1v) is 7.55. The lowest BCUT2D eigenvalue weighted by Gasteiger charge is -2.10. The monoisotopic (exact) mass is 314 g/mol. The van der Waals surface area contributed by atoms with Gasteiger partial charge in [-0.15, -0.1) is 0 Å². The summed E-state index contributed by atoms with van der Waals surface area (Å²) in [6.45, 7) is 2.56. The molecule has 6 heteroatoms. The Hall–Kier alpha value is -2.60. The average molecular weight is 314 g/mol. The van der Waals surface area contributed by atoms with E-state index in [1.807, 2.05) is 24.3 Å². The van der Waals surface area contributed by atoms with Crippen molar-refractivity contribution in [2.75, 3.05) is 13.2 Å². The van der Waals surface area contributed by atoms with Gasteiger partial charge in [-0.2, -0.15) is 0 Å². The van der Waals surface area contributed by atoms with Crippen molar-refractivity contribution in [1.82, 2.24) is 5.32 Å². The van der Waals surface area contributed by atoms with Crippen LogP contribution in [0.3, 0.4) is 0 Å². The van der Waals surface area contributed by atoms with Crippen molar-refractivity contribution >= 4 is 5.69 Å². The molecule has 0 saturated carbocycles. The zero-order chi connectivity index (χ0) is 16.1. The number of nitro benzene ring substituents is 1. The molecule has 0 bridgehead atoms. The third kappa shape index (κ3) is 3.98.